The molecular formula is C25H29ClN2O2. The minimum atomic E-state index is 0.130. The average Bonchev–Trinajstić information content (AvgIpc) is 3.01. The van der Waals surface area contributed by atoms with Gasteiger partial charge in [0.15, 0.2) is 0 Å². The van der Waals surface area contributed by atoms with Crippen LogP contribution < -0.4 is 4.74 Å². The number of ether oxygens (including phenoxy) is 1. The summed E-state index contributed by atoms with van der Waals surface area (Å²) in [5.41, 5.74) is 4.10. The molecule has 0 aliphatic carbocycles. The number of hydrogen-bond acceptors (Lipinski definition) is 2. The van der Waals surface area contributed by atoms with Crippen LogP contribution in [0.15, 0.2) is 42.5 Å². The molecule has 1 amide bonds. The zero-order valence-electron chi connectivity index (χ0n) is 18.0. The van der Waals surface area contributed by atoms with Gasteiger partial charge in [0.05, 0.1) is 7.11 Å². The van der Waals surface area contributed by atoms with Crippen LogP contribution in [0.2, 0.25) is 5.02 Å². The SMILES string of the molecule is COc1ccccc1CCC1CCN(C(=O)c2c(C)c3cc(Cl)ccc3n2C)CC1. The van der Waals surface area contributed by atoms with Gasteiger partial charge < -0.3 is 14.2 Å². The van der Waals surface area contributed by atoms with Gasteiger partial charge in [0.1, 0.15) is 11.4 Å². The van der Waals surface area contributed by atoms with Gasteiger partial charge >= 0.3 is 0 Å². The number of halogens is 1. The molecule has 4 nitrogen and oxygen atoms in total. The van der Waals surface area contributed by atoms with Crippen molar-refractivity contribution in [3.05, 3.63) is 64.3 Å². The molecule has 2 heterocycles. The molecule has 1 aliphatic rings. The minimum absolute atomic E-state index is 0.130. The molecule has 4 rings (SSSR count). The van der Waals surface area contributed by atoms with Crippen molar-refractivity contribution in [3.63, 3.8) is 0 Å². The summed E-state index contributed by atoms with van der Waals surface area (Å²) in [5.74, 6) is 1.74. The highest BCUT2D eigenvalue weighted by Gasteiger charge is 2.27. The van der Waals surface area contributed by atoms with Crippen molar-refractivity contribution < 1.29 is 9.53 Å². The molecule has 158 valence electrons. The Balaban J connectivity index is 1.41. The maximum atomic E-state index is 13.3. The number of carbonyl (C=O) groups is 1. The van der Waals surface area contributed by atoms with E-state index in [1.54, 1.807) is 7.11 Å². The first-order valence-electron chi connectivity index (χ1n) is 10.6. The second-order valence-corrected chi connectivity index (χ2v) is 8.72. The van der Waals surface area contributed by atoms with Crippen molar-refractivity contribution in [2.75, 3.05) is 20.2 Å². The van der Waals surface area contributed by atoms with Gasteiger partial charge in [-0.3, -0.25) is 4.79 Å². The number of rotatable bonds is 5. The summed E-state index contributed by atoms with van der Waals surface area (Å²) in [6, 6.07) is 14.1. The molecule has 5 heteroatoms. The van der Waals surface area contributed by atoms with Crippen molar-refractivity contribution in [1.29, 1.82) is 0 Å². The van der Waals surface area contributed by atoms with Crippen LogP contribution in [0.4, 0.5) is 0 Å². The summed E-state index contributed by atoms with van der Waals surface area (Å²) >= 11 is 6.18. The van der Waals surface area contributed by atoms with Crippen molar-refractivity contribution in [2.45, 2.75) is 32.6 Å². The molecule has 2 aromatic carbocycles. The largest absolute Gasteiger partial charge is 0.496 e. The molecule has 0 unspecified atom stereocenters. The molecular weight excluding hydrogens is 396 g/mol. The van der Waals surface area contributed by atoms with Crippen LogP contribution >= 0.6 is 11.6 Å². The Hall–Kier alpha value is -2.46. The van der Waals surface area contributed by atoms with E-state index in [0.29, 0.717) is 10.9 Å². The molecule has 0 bridgehead atoms. The van der Waals surface area contributed by atoms with Crippen LogP contribution in [0.3, 0.4) is 0 Å². The summed E-state index contributed by atoms with van der Waals surface area (Å²) < 4.78 is 7.48. The fourth-order valence-corrected chi connectivity index (χ4v) is 4.92. The molecule has 0 spiro atoms. The third kappa shape index (κ3) is 3.93. The van der Waals surface area contributed by atoms with E-state index < -0.39 is 0 Å². The van der Waals surface area contributed by atoms with Crippen LogP contribution in [0.1, 0.15) is 40.9 Å². The Morgan fingerprint density at radius 2 is 1.90 bits per heavy atom. The van der Waals surface area contributed by atoms with Crippen molar-refractivity contribution in [3.8, 4) is 5.75 Å². The lowest BCUT2D eigenvalue weighted by atomic mass is 9.90. The highest BCUT2D eigenvalue weighted by Crippen LogP contribution is 2.30. The quantitative estimate of drug-likeness (QED) is 0.531. The highest BCUT2D eigenvalue weighted by atomic mass is 35.5. The summed E-state index contributed by atoms with van der Waals surface area (Å²) in [6.07, 6.45) is 4.26. The Bertz CT molecular complexity index is 1060. The lowest BCUT2D eigenvalue weighted by Gasteiger charge is -2.32. The molecule has 3 aromatic rings. The first kappa shape index (κ1) is 20.8. The highest BCUT2D eigenvalue weighted by molar-refractivity contribution is 6.31. The zero-order valence-corrected chi connectivity index (χ0v) is 18.7. The third-order valence-corrected chi connectivity index (χ3v) is 6.77. The Kier molecular flexibility index (Phi) is 6.05. The van der Waals surface area contributed by atoms with Crippen LogP contribution in [0.25, 0.3) is 10.9 Å². The van der Waals surface area contributed by atoms with Gasteiger partial charge in [-0.15, -0.1) is 0 Å². The minimum Gasteiger partial charge on any atom is -0.496 e. The Labute approximate surface area is 183 Å². The van der Waals surface area contributed by atoms with Crippen LogP contribution in [0, 0.1) is 12.8 Å². The monoisotopic (exact) mass is 424 g/mol. The number of amides is 1. The van der Waals surface area contributed by atoms with Crippen LogP contribution in [0.5, 0.6) is 5.75 Å². The second-order valence-electron chi connectivity index (χ2n) is 8.28. The second kappa shape index (κ2) is 8.73. The van der Waals surface area contributed by atoms with Gasteiger partial charge in [0.25, 0.3) is 5.91 Å². The maximum absolute atomic E-state index is 13.3. The zero-order chi connectivity index (χ0) is 21.3. The van der Waals surface area contributed by atoms with E-state index in [-0.39, 0.29) is 5.91 Å². The van der Waals surface area contributed by atoms with E-state index in [4.69, 9.17) is 16.3 Å². The van der Waals surface area contributed by atoms with Crippen molar-refractivity contribution in [2.24, 2.45) is 13.0 Å². The fourth-order valence-electron chi connectivity index (χ4n) is 4.75. The topological polar surface area (TPSA) is 34.5 Å². The van der Waals surface area contributed by atoms with Gasteiger partial charge in [-0.2, -0.15) is 0 Å². The number of aryl methyl sites for hydroxylation is 3. The predicted molar refractivity (Wildman–Crippen MR) is 123 cm³/mol. The molecule has 0 atom stereocenters. The van der Waals surface area contributed by atoms with Crippen molar-refractivity contribution in [1.82, 2.24) is 9.47 Å². The Morgan fingerprint density at radius 3 is 2.63 bits per heavy atom. The Morgan fingerprint density at radius 1 is 1.17 bits per heavy atom. The normalized spacial score (nSPS) is 15.0. The summed E-state index contributed by atoms with van der Waals surface area (Å²) in [5, 5.41) is 1.76. The van der Waals surface area contributed by atoms with E-state index >= 15 is 0 Å². The van der Waals surface area contributed by atoms with E-state index in [1.165, 1.54) is 5.56 Å². The van der Waals surface area contributed by atoms with E-state index in [9.17, 15) is 4.79 Å². The number of carbonyl (C=O) groups excluding carboxylic acids is 1. The van der Waals surface area contributed by atoms with Gasteiger partial charge in [-0.1, -0.05) is 29.8 Å². The first-order valence-corrected chi connectivity index (χ1v) is 11.0. The van der Waals surface area contributed by atoms with E-state index in [0.717, 1.165) is 66.7 Å². The molecule has 30 heavy (non-hydrogen) atoms. The average molecular weight is 425 g/mol. The number of hydrogen-bond donors (Lipinski definition) is 0. The van der Waals surface area contributed by atoms with Gasteiger partial charge in [-0.05, 0) is 73.9 Å². The number of fused-ring (bicyclic) bond motifs is 1. The smallest absolute Gasteiger partial charge is 0.270 e. The lowest BCUT2D eigenvalue weighted by Crippen LogP contribution is -2.39. The van der Waals surface area contributed by atoms with Crippen LogP contribution in [-0.4, -0.2) is 35.6 Å². The standard InChI is InChI=1S/C25H29ClN2O2/c1-17-21-16-20(26)10-11-22(21)27(2)24(17)25(29)28-14-12-18(13-15-28)8-9-19-6-4-5-7-23(19)30-3/h4-7,10-11,16,18H,8-9,12-15H2,1-3H3. The van der Waals surface area contributed by atoms with Gasteiger partial charge in [-0.25, -0.2) is 0 Å². The molecule has 1 aliphatic heterocycles. The summed E-state index contributed by atoms with van der Waals surface area (Å²) in [6.45, 7) is 3.65. The van der Waals surface area contributed by atoms with Gasteiger partial charge in [0.2, 0.25) is 0 Å². The summed E-state index contributed by atoms with van der Waals surface area (Å²) in [7, 11) is 3.70. The molecule has 1 aromatic heterocycles. The fraction of sp³-hybridized carbons (Fsp3) is 0.400. The molecule has 0 N–H and O–H groups in total. The number of aromatic nitrogens is 1. The number of likely N-dealkylation sites (tertiary alicyclic amines) is 1. The maximum Gasteiger partial charge on any atom is 0.270 e. The van der Waals surface area contributed by atoms with Crippen molar-refractivity contribution >= 4 is 28.4 Å². The van der Waals surface area contributed by atoms with Gasteiger partial charge in [0, 0.05) is 36.1 Å². The first-order chi connectivity index (χ1) is 14.5. The van der Waals surface area contributed by atoms with E-state index in [2.05, 4.69) is 12.1 Å². The van der Waals surface area contributed by atoms with Crippen LogP contribution in [-0.2, 0) is 13.5 Å². The third-order valence-electron chi connectivity index (χ3n) is 6.53. The number of para-hydroxylation sites is 1. The molecule has 1 fully saturated rings. The predicted octanol–water partition coefficient (Wildman–Crippen LogP) is 5.63. The molecule has 1 saturated heterocycles. The molecule has 0 radical (unpaired) electrons. The summed E-state index contributed by atoms with van der Waals surface area (Å²) in [4.78, 5) is 15.3. The van der Waals surface area contributed by atoms with E-state index in [1.807, 2.05) is 53.8 Å². The number of piperidine rings is 1. The lowest BCUT2D eigenvalue weighted by molar-refractivity contribution is 0.0677. The molecule has 0 saturated carbocycles. The number of benzene rings is 2. The number of methoxy groups -OCH3 is 1. The number of nitrogens with zero attached hydrogens (tertiary/aromatic N) is 2.